The Labute approximate surface area is 119 Å². The molecule has 0 aromatic rings. The van der Waals surface area contributed by atoms with Crippen molar-refractivity contribution in [2.75, 3.05) is 6.54 Å². The second-order valence-corrected chi connectivity index (χ2v) is 6.16. The summed E-state index contributed by atoms with van der Waals surface area (Å²) in [5, 5.41) is 0. The zero-order chi connectivity index (χ0) is 13.9. The van der Waals surface area contributed by atoms with Gasteiger partial charge in [0.1, 0.15) is 0 Å². The van der Waals surface area contributed by atoms with Crippen LogP contribution in [-0.4, -0.2) is 23.4 Å². The van der Waals surface area contributed by atoms with Gasteiger partial charge in [-0.05, 0) is 19.8 Å². The minimum Gasteiger partial charge on any atom is -0.340 e. The van der Waals surface area contributed by atoms with Crippen molar-refractivity contribution >= 4 is 5.91 Å². The first-order valence-electron chi connectivity index (χ1n) is 8.55. The first-order valence-corrected chi connectivity index (χ1v) is 8.55. The molecule has 1 atom stereocenters. The molecule has 0 aliphatic carbocycles. The van der Waals surface area contributed by atoms with Gasteiger partial charge in [-0.2, -0.15) is 0 Å². The Hall–Kier alpha value is -0.530. The third-order valence-electron chi connectivity index (χ3n) is 4.38. The molecular weight excluding hydrogens is 234 g/mol. The Morgan fingerprint density at radius 1 is 0.947 bits per heavy atom. The Morgan fingerprint density at radius 3 is 1.95 bits per heavy atom. The topological polar surface area (TPSA) is 20.3 Å². The van der Waals surface area contributed by atoms with E-state index < -0.39 is 0 Å². The zero-order valence-corrected chi connectivity index (χ0v) is 13.1. The van der Waals surface area contributed by atoms with Crippen LogP contribution in [0.4, 0.5) is 0 Å². The van der Waals surface area contributed by atoms with Crippen molar-refractivity contribution in [3.63, 3.8) is 0 Å². The van der Waals surface area contributed by atoms with Gasteiger partial charge in [-0.1, -0.05) is 64.7 Å². The van der Waals surface area contributed by atoms with Crippen LogP contribution < -0.4 is 0 Å². The summed E-state index contributed by atoms with van der Waals surface area (Å²) in [6.07, 6.45) is 15.5. The van der Waals surface area contributed by atoms with Gasteiger partial charge < -0.3 is 4.90 Å². The summed E-state index contributed by atoms with van der Waals surface area (Å²) < 4.78 is 0. The van der Waals surface area contributed by atoms with E-state index in [1.165, 1.54) is 64.2 Å². The van der Waals surface area contributed by atoms with E-state index in [0.717, 1.165) is 19.4 Å². The summed E-state index contributed by atoms with van der Waals surface area (Å²) in [7, 11) is 0. The van der Waals surface area contributed by atoms with Crippen molar-refractivity contribution in [3.05, 3.63) is 0 Å². The third-order valence-corrected chi connectivity index (χ3v) is 4.38. The lowest BCUT2D eigenvalue weighted by molar-refractivity contribution is -0.128. The molecule has 1 unspecified atom stereocenters. The van der Waals surface area contributed by atoms with Gasteiger partial charge in [0, 0.05) is 19.0 Å². The van der Waals surface area contributed by atoms with Crippen molar-refractivity contribution < 1.29 is 4.79 Å². The minimum absolute atomic E-state index is 0.378. The van der Waals surface area contributed by atoms with Gasteiger partial charge in [0.05, 0.1) is 0 Å². The molecule has 1 saturated heterocycles. The lowest BCUT2D eigenvalue weighted by Crippen LogP contribution is -2.31. The van der Waals surface area contributed by atoms with Crippen LogP contribution in [0, 0.1) is 0 Å². The van der Waals surface area contributed by atoms with Crippen molar-refractivity contribution in [1.82, 2.24) is 4.90 Å². The Bertz CT molecular complexity index is 239. The van der Waals surface area contributed by atoms with Crippen LogP contribution in [0.3, 0.4) is 0 Å². The van der Waals surface area contributed by atoms with Gasteiger partial charge in [0.25, 0.3) is 0 Å². The highest BCUT2D eigenvalue weighted by molar-refractivity contribution is 5.78. The molecule has 0 bridgehead atoms. The first-order chi connectivity index (χ1) is 9.25. The number of carbonyl (C=O) groups excluding carboxylic acids is 1. The van der Waals surface area contributed by atoms with E-state index in [0.29, 0.717) is 11.9 Å². The first kappa shape index (κ1) is 16.5. The van der Waals surface area contributed by atoms with Crippen LogP contribution in [-0.2, 0) is 4.79 Å². The Balaban J connectivity index is 1.85. The van der Waals surface area contributed by atoms with Crippen molar-refractivity contribution in [3.8, 4) is 0 Å². The number of rotatable bonds is 11. The summed E-state index contributed by atoms with van der Waals surface area (Å²) in [6.45, 7) is 5.45. The van der Waals surface area contributed by atoms with Crippen molar-refractivity contribution in [2.24, 2.45) is 0 Å². The maximum Gasteiger partial charge on any atom is 0.222 e. The molecular formula is C17H33NO. The van der Waals surface area contributed by atoms with E-state index in [-0.39, 0.29) is 0 Å². The van der Waals surface area contributed by atoms with E-state index >= 15 is 0 Å². The summed E-state index contributed by atoms with van der Waals surface area (Å²) in [4.78, 5) is 13.7. The predicted octanol–water partition coefficient (Wildman–Crippen LogP) is 4.92. The summed E-state index contributed by atoms with van der Waals surface area (Å²) in [5.74, 6) is 0.378. The minimum atomic E-state index is 0.378. The number of amides is 1. The van der Waals surface area contributed by atoms with Crippen LogP contribution in [0.2, 0.25) is 0 Å². The van der Waals surface area contributed by atoms with E-state index in [2.05, 4.69) is 18.7 Å². The molecule has 1 fully saturated rings. The maximum absolute atomic E-state index is 11.6. The lowest BCUT2D eigenvalue weighted by atomic mass is 10.1. The van der Waals surface area contributed by atoms with Crippen LogP contribution >= 0.6 is 0 Å². The standard InChI is InChI=1S/C17H33NO/c1-3-4-5-6-7-8-9-10-11-12-15-18-16(2)13-14-17(18)19/h16H,3-15H2,1-2H3. The highest BCUT2D eigenvalue weighted by Gasteiger charge is 2.26. The molecule has 1 amide bonds. The monoisotopic (exact) mass is 267 g/mol. The average molecular weight is 267 g/mol. The average Bonchev–Trinajstić information content (AvgIpc) is 2.72. The molecule has 1 aliphatic heterocycles. The van der Waals surface area contributed by atoms with E-state index in [1.54, 1.807) is 0 Å². The molecule has 0 N–H and O–H groups in total. The van der Waals surface area contributed by atoms with Gasteiger partial charge in [-0.15, -0.1) is 0 Å². The number of likely N-dealkylation sites (tertiary alicyclic amines) is 1. The van der Waals surface area contributed by atoms with Gasteiger partial charge in [-0.25, -0.2) is 0 Å². The smallest absolute Gasteiger partial charge is 0.222 e. The van der Waals surface area contributed by atoms with Crippen LogP contribution in [0.15, 0.2) is 0 Å². The van der Waals surface area contributed by atoms with Crippen LogP contribution in [0.25, 0.3) is 0 Å². The Kier molecular flexibility index (Phi) is 8.94. The molecule has 0 aromatic heterocycles. The zero-order valence-electron chi connectivity index (χ0n) is 13.1. The molecule has 2 heteroatoms. The molecule has 1 rings (SSSR count). The highest BCUT2D eigenvalue weighted by atomic mass is 16.2. The molecule has 19 heavy (non-hydrogen) atoms. The SMILES string of the molecule is CCCCCCCCCCCCN1C(=O)CCC1C. The summed E-state index contributed by atoms with van der Waals surface area (Å²) >= 11 is 0. The second-order valence-electron chi connectivity index (χ2n) is 6.16. The van der Waals surface area contributed by atoms with Crippen molar-refractivity contribution in [1.29, 1.82) is 0 Å². The largest absolute Gasteiger partial charge is 0.340 e. The second kappa shape index (κ2) is 10.3. The lowest BCUT2D eigenvalue weighted by Gasteiger charge is -2.21. The van der Waals surface area contributed by atoms with Gasteiger partial charge in [-0.3, -0.25) is 4.79 Å². The van der Waals surface area contributed by atoms with Crippen LogP contribution in [0.5, 0.6) is 0 Å². The predicted molar refractivity (Wildman–Crippen MR) is 82.3 cm³/mol. The van der Waals surface area contributed by atoms with E-state index in [1.807, 2.05) is 0 Å². The highest BCUT2D eigenvalue weighted by Crippen LogP contribution is 2.19. The van der Waals surface area contributed by atoms with E-state index in [4.69, 9.17) is 0 Å². The molecule has 1 aliphatic rings. The number of unbranched alkanes of at least 4 members (excludes halogenated alkanes) is 9. The number of nitrogens with zero attached hydrogens (tertiary/aromatic N) is 1. The Morgan fingerprint density at radius 2 is 1.47 bits per heavy atom. The van der Waals surface area contributed by atoms with Gasteiger partial charge >= 0.3 is 0 Å². The number of carbonyl (C=O) groups is 1. The van der Waals surface area contributed by atoms with E-state index in [9.17, 15) is 4.79 Å². The normalized spacial score (nSPS) is 19.4. The summed E-state index contributed by atoms with van der Waals surface area (Å²) in [6, 6.07) is 0.492. The molecule has 0 saturated carbocycles. The fourth-order valence-corrected chi connectivity index (χ4v) is 2.99. The van der Waals surface area contributed by atoms with Gasteiger partial charge in [0.2, 0.25) is 5.91 Å². The third kappa shape index (κ3) is 6.98. The fraction of sp³-hybridized carbons (Fsp3) is 0.941. The molecule has 112 valence electrons. The molecule has 2 nitrogen and oxygen atoms in total. The molecule has 0 aromatic carbocycles. The summed E-state index contributed by atoms with van der Waals surface area (Å²) in [5.41, 5.74) is 0. The maximum atomic E-state index is 11.6. The van der Waals surface area contributed by atoms with Gasteiger partial charge in [0.15, 0.2) is 0 Å². The number of hydrogen-bond donors (Lipinski definition) is 0. The fourth-order valence-electron chi connectivity index (χ4n) is 2.99. The molecule has 1 heterocycles. The molecule has 0 radical (unpaired) electrons. The number of hydrogen-bond acceptors (Lipinski definition) is 1. The van der Waals surface area contributed by atoms with Crippen LogP contribution in [0.1, 0.15) is 90.9 Å². The molecule has 0 spiro atoms. The van der Waals surface area contributed by atoms with Crippen molar-refractivity contribution in [2.45, 2.75) is 96.9 Å². The quantitative estimate of drug-likeness (QED) is 0.487.